The Hall–Kier alpha value is -1.37. The molecule has 3 N–H and O–H groups in total. The van der Waals surface area contributed by atoms with E-state index < -0.39 is 35.3 Å². The molecular weight excluding hydrogens is 255 g/mol. The number of aliphatic hydroxyl groups excluding tert-OH is 2. The number of aromatic hydroxyl groups is 1. The van der Waals surface area contributed by atoms with Crippen molar-refractivity contribution < 1.29 is 29.2 Å². The van der Waals surface area contributed by atoms with Crippen molar-refractivity contribution in [1.82, 2.24) is 0 Å². The Kier molecular flexibility index (Phi) is 4.28. The molecule has 1 rings (SSSR count). The summed E-state index contributed by atoms with van der Waals surface area (Å²) in [6.07, 6.45) is -3.78. The molecule has 5 nitrogen and oxygen atoms in total. The maximum atomic E-state index is 13.1. The Labute approximate surface area is 101 Å². The van der Waals surface area contributed by atoms with Gasteiger partial charge in [0.05, 0.1) is 7.11 Å². The number of ether oxygens (including phenoxy) is 1. The lowest BCUT2D eigenvalue weighted by molar-refractivity contribution is -0.156. The molecule has 0 aliphatic rings. The normalized spacial score (nSPS) is 14.2. The van der Waals surface area contributed by atoms with Gasteiger partial charge in [-0.05, 0) is 12.1 Å². The van der Waals surface area contributed by atoms with Gasteiger partial charge in [0.15, 0.2) is 17.7 Å². The number of aliphatic hydroxyl groups is 2. The molecule has 0 fully saturated rings. The maximum absolute atomic E-state index is 13.1. The number of hydrogen-bond acceptors (Lipinski definition) is 5. The number of methoxy groups -OCH3 is 1. The lowest BCUT2D eigenvalue weighted by Gasteiger charge is -2.17. The van der Waals surface area contributed by atoms with E-state index in [1.807, 2.05) is 0 Å². The summed E-state index contributed by atoms with van der Waals surface area (Å²) in [5.41, 5.74) is -0.395. The molecule has 0 amide bonds. The number of phenolic OH excluding ortho intramolecular Hbond substituents is 1. The van der Waals surface area contributed by atoms with Crippen molar-refractivity contribution in [1.29, 1.82) is 0 Å². The Balaban J connectivity index is 3.12. The van der Waals surface area contributed by atoms with E-state index in [9.17, 15) is 24.5 Å². The first-order valence-electron chi connectivity index (χ1n) is 4.50. The van der Waals surface area contributed by atoms with Gasteiger partial charge in [-0.3, -0.25) is 0 Å². The highest BCUT2D eigenvalue weighted by molar-refractivity contribution is 6.30. The molecule has 0 spiro atoms. The lowest BCUT2D eigenvalue weighted by Crippen LogP contribution is -2.29. The molecule has 2 unspecified atom stereocenters. The minimum Gasteiger partial charge on any atom is -0.505 e. The maximum Gasteiger partial charge on any atom is 0.337 e. The van der Waals surface area contributed by atoms with E-state index in [0.717, 1.165) is 19.2 Å². The van der Waals surface area contributed by atoms with E-state index in [4.69, 9.17) is 11.6 Å². The molecule has 17 heavy (non-hydrogen) atoms. The molecule has 0 saturated heterocycles. The fraction of sp³-hybridized carbons (Fsp3) is 0.300. The van der Waals surface area contributed by atoms with Gasteiger partial charge in [-0.25, -0.2) is 9.18 Å². The van der Waals surface area contributed by atoms with Gasteiger partial charge in [-0.15, -0.1) is 0 Å². The van der Waals surface area contributed by atoms with E-state index in [2.05, 4.69) is 4.74 Å². The zero-order valence-corrected chi connectivity index (χ0v) is 9.48. The molecule has 0 bridgehead atoms. The highest BCUT2D eigenvalue weighted by atomic mass is 35.5. The quantitative estimate of drug-likeness (QED) is 0.702. The van der Waals surface area contributed by atoms with Crippen LogP contribution in [0.25, 0.3) is 0 Å². The van der Waals surface area contributed by atoms with Crippen LogP contribution in [0.5, 0.6) is 5.75 Å². The summed E-state index contributed by atoms with van der Waals surface area (Å²) in [6, 6.07) is 1.87. The summed E-state index contributed by atoms with van der Waals surface area (Å²) in [7, 11) is 1.01. The van der Waals surface area contributed by atoms with Gasteiger partial charge in [-0.2, -0.15) is 0 Å². The van der Waals surface area contributed by atoms with E-state index in [0.29, 0.717) is 0 Å². The van der Waals surface area contributed by atoms with Crippen LogP contribution in [0.15, 0.2) is 12.1 Å². The number of esters is 1. The molecule has 0 heterocycles. The number of rotatable bonds is 3. The minimum absolute atomic E-state index is 0.0913. The standard InChI is InChI=1S/C10H10ClFO5/c1-17-10(16)9(15)8(14)5-2-4(11)3-6(12)7(5)13/h2-3,8-9,13-15H,1H3. The van der Waals surface area contributed by atoms with Gasteiger partial charge in [-0.1, -0.05) is 11.6 Å². The number of carbonyl (C=O) groups excluding carboxylic acids is 1. The topological polar surface area (TPSA) is 87.0 Å². The predicted octanol–water partition coefficient (Wildman–Crippen LogP) is 0.752. The Morgan fingerprint density at radius 2 is 2.06 bits per heavy atom. The van der Waals surface area contributed by atoms with Crippen LogP contribution in [0, 0.1) is 5.82 Å². The Morgan fingerprint density at radius 1 is 1.47 bits per heavy atom. The van der Waals surface area contributed by atoms with Crippen LogP contribution in [-0.2, 0) is 9.53 Å². The van der Waals surface area contributed by atoms with Crippen molar-refractivity contribution in [2.24, 2.45) is 0 Å². The minimum atomic E-state index is -1.94. The summed E-state index contributed by atoms with van der Waals surface area (Å²) in [6.45, 7) is 0. The largest absolute Gasteiger partial charge is 0.505 e. The van der Waals surface area contributed by atoms with Crippen molar-refractivity contribution in [2.75, 3.05) is 7.11 Å². The first-order valence-corrected chi connectivity index (χ1v) is 4.88. The highest BCUT2D eigenvalue weighted by Gasteiger charge is 2.29. The van der Waals surface area contributed by atoms with E-state index >= 15 is 0 Å². The molecular formula is C10H10ClFO5. The fourth-order valence-electron chi connectivity index (χ4n) is 1.23. The highest BCUT2D eigenvalue weighted by Crippen LogP contribution is 2.32. The van der Waals surface area contributed by atoms with Gasteiger partial charge in [0.2, 0.25) is 0 Å². The number of benzene rings is 1. The van der Waals surface area contributed by atoms with Crippen molar-refractivity contribution in [3.8, 4) is 5.75 Å². The zero-order valence-electron chi connectivity index (χ0n) is 8.72. The molecule has 94 valence electrons. The Bertz CT molecular complexity index is 437. The van der Waals surface area contributed by atoms with Crippen molar-refractivity contribution in [3.05, 3.63) is 28.5 Å². The second-order valence-electron chi connectivity index (χ2n) is 3.24. The smallest absolute Gasteiger partial charge is 0.337 e. The lowest BCUT2D eigenvalue weighted by atomic mass is 10.0. The average molecular weight is 265 g/mol. The third kappa shape index (κ3) is 2.85. The molecule has 0 aliphatic carbocycles. The van der Waals surface area contributed by atoms with Crippen LogP contribution >= 0.6 is 11.6 Å². The average Bonchev–Trinajstić information content (AvgIpc) is 2.30. The second-order valence-corrected chi connectivity index (χ2v) is 3.67. The first-order chi connectivity index (χ1) is 7.88. The van der Waals surface area contributed by atoms with E-state index in [-0.39, 0.29) is 5.02 Å². The van der Waals surface area contributed by atoms with Crippen molar-refractivity contribution in [3.63, 3.8) is 0 Å². The molecule has 0 aromatic heterocycles. The molecule has 7 heteroatoms. The van der Waals surface area contributed by atoms with Crippen LogP contribution in [0.1, 0.15) is 11.7 Å². The molecule has 0 radical (unpaired) electrons. The molecule has 0 aliphatic heterocycles. The fourth-order valence-corrected chi connectivity index (χ4v) is 1.44. The van der Waals surface area contributed by atoms with Gasteiger partial charge in [0.1, 0.15) is 6.10 Å². The summed E-state index contributed by atoms with van der Waals surface area (Å²) >= 11 is 5.52. The molecule has 1 aromatic carbocycles. The Morgan fingerprint density at radius 3 is 2.59 bits per heavy atom. The number of hydrogen-bond donors (Lipinski definition) is 3. The third-order valence-corrected chi connectivity index (χ3v) is 2.34. The van der Waals surface area contributed by atoms with Crippen LogP contribution in [0.4, 0.5) is 4.39 Å². The summed E-state index contributed by atoms with van der Waals surface area (Å²) < 4.78 is 17.3. The number of halogens is 2. The van der Waals surface area contributed by atoms with Gasteiger partial charge >= 0.3 is 5.97 Å². The van der Waals surface area contributed by atoms with Crippen LogP contribution < -0.4 is 0 Å². The monoisotopic (exact) mass is 264 g/mol. The molecule has 0 saturated carbocycles. The number of phenols is 1. The molecule has 1 aromatic rings. The summed E-state index contributed by atoms with van der Waals surface area (Å²) in [4.78, 5) is 11.0. The van der Waals surface area contributed by atoms with Crippen LogP contribution in [-0.4, -0.2) is 34.5 Å². The van der Waals surface area contributed by atoms with Gasteiger partial charge < -0.3 is 20.1 Å². The number of carbonyl (C=O) groups is 1. The third-order valence-electron chi connectivity index (χ3n) is 2.12. The summed E-state index contributed by atoms with van der Waals surface area (Å²) in [5, 5.41) is 28.2. The van der Waals surface area contributed by atoms with Crippen LogP contribution in [0.3, 0.4) is 0 Å². The second kappa shape index (κ2) is 5.31. The predicted molar refractivity (Wildman–Crippen MR) is 56.1 cm³/mol. The van der Waals surface area contributed by atoms with Gasteiger partial charge in [0.25, 0.3) is 0 Å². The first kappa shape index (κ1) is 13.7. The molecule has 2 atom stereocenters. The van der Waals surface area contributed by atoms with Crippen molar-refractivity contribution >= 4 is 17.6 Å². The zero-order chi connectivity index (χ0) is 13.2. The van der Waals surface area contributed by atoms with Crippen molar-refractivity contribution in [2.45, 2.75) is 12.2 Å². The van der Waals surface area contributed by atoms with Gasteiger partial charge in [0, 0.05) is 10.6 Å². The van der Waals surface area contributed by atoms with Crippen LogP contribution in [0.2, 0.25) is 5.02 Å². The SMILES string of the molecule is COC(=O)C(O)C(O)c1cc(Cl)cc(F)c1O. The van der Waals surface area contributed by atoms with E-state index in [1.54, 1.807) is 0 Å². The van der Waals surface area contributed by atoms with E-state index in [1.165, 1.54) is 0 Å². The summed E-state index contributed by atoms with van der Waals surface area (Å²) in [5.74, 6) is -3.06.